The molecular formula is C16H19ClF6O4Si. The number of hydrogen-bond acceptors (Lipinski definition) is 4. The summed E-state index contributed by atoms with van der Waals surface area (Å²) >= 11 is 5.88. The van der Waals surface area contributed by atoms with Gasteiger partial charge in [0.05, 0.1) is 0 Å². The lowest BCUT2D eigenvalue weighted by atomic mass is 10.2. The van der Waals surface area contributed by atoms with Crippen molar-refractivity contribution in [2.75, 3.05) is 13.2 Å². The van der Waals surface area contributed by atoms with Crippen molar-refractivity contribution < 1.29 is 45.0 Å². The Balaban J connectivity index is 2.55. The molecule has 12 heteroatoms. The smallest absolute Gasteiger partial charge is 0.423 e. The maximum Gasteiger partial charge on any atom is 0.423 e. The number of hydrogen-bond donors (Lipinski definition) is 0. The van der Waals surface area contributed by atoms with Crippen LogP contribution in [0.3, 0.4) is 0 Å². The first-order valence-electron chi connectivity index (χ1n) is 8.17. The van der Waals surface area contributed by atoms with Crippen LogP contribution in [0.25, 0.3) is 0 Å². The standard InChI is InChI=1S/C16H19ClF6O4Si/c1-2-26-28(9-11-6-4-3-5-7-11)10-12(17)27-13(24)8-25-14(15(18,19)20)16(21,22)23/h3-7,12,14,28H,2,8-10H2,1H3. The first-order valence-corrected chi connectivity index (χ1v) is 10.7. The SMILES string of the molecule is CCO[SiH](Cc1ccccc1)CC(Cl)OC(=O)COC(C(F)(F)F)C(F)(F)F. The second-order valence-corrected chi connectivity index (χ2v) is 8.62. The highest BCUT2D eigenvalue weighted by atomic mass is 35.5. The number of carbonyl (C=O) groups excluding carboxylic acids is 1. The van der Waals surface area contributed by atoms with E-state index in [1.165, 1.54) is 0 Å². The maximum absolute atomic E-state index is 12.4. The average molecular weight is 453 g/mol. The minimum atomic E-state index is -5.71. The Hall–Kier alpha value is -1.30. The van der Waals surface area contributed by atoms with Gasteiger partial charge in [-0.3, -0.25) is 0 Å². The summed E-state index contributed by atoms with van der Waals surface area (Å²) in [6.07, 6.45) is -15.5. The zero-order valence-electron chi connectivity index (χ0n) is 14.7. The highest BCUT2D eigenvalue weighted by Gasteiger charge is 2.58. The lowest BCUT2D eigenvalue weighted by Crippen LogP contribution is -2.45. The minimum Gasteiger partial charge on any atom is -0.444 e. The summed E-state index contributed by atoms with van der Waals surface area (Å²) in [7, 11) is -1.98. The van der Waals surface area contributed by atoms with Crippen LogP contribution < -0.4 is 0 Å². The van der Waals surface area contributed by atoms with Crippen LogP contribution in [0.1, 0.15) is 12.5 Å². The van der Waals surface area contributed by atoms with Gasteiger partial charge >= 0.3 is 18.3 Å². The van der Waals surface area contributed by atoms with Crippen LogP contribution in [0, 0.1) is 0 Å². The van der Waals surface area contributed by atoms with Gasteiger partial charge in [-0.1, -0.05) is 41.9 Å². The topological polar surface area (TPSA) is 44.8 Å². The van der Waals surface area contributed by atoms with E-state index in [0.29, 0.717) is 12.7 Å². The summed E-state index contributed by atoms with van der Waals surface area (Å²) in [5.41, 5.74) is -0.275. The number of ether oxygens (including phenoxy) is 2. The first-order chi connectivity index (χ1) is 12.9. The average Bonchev–Trinajstić information content (AvgIpc) is 2.53. The molecule has 0 aliphatic heterocycles. The van der Waals surface area contributed by atoms with Crippen LogP contribution in [0.5, 0.6) is 0 Å². The van der Waals surface area contributed by atoms with E-state index in [1.807, 2.05) is 30.3 Å². The van der Waals surface area contributed by atoms with Crippen molar-refractivity contribution >= 4 is 26.6 Å². The molecule has 0 saturated carbocycles. The lowest BCUT2D eigenvalue weighted by Gasteiger charge is -2.23. The number of esters is 1. The van der Waals surface area contributed by atoms with Gasteiger partial charge in [0.15, 0.2) is 14.6 Å². The van der Waals surface area contributed by atoms with E-state index < -0.39 is 45.6 Å². The van der Waals surface area contributed by atoms with Gasteiger partial charge in [-0.2, -0.15) is 26.3 Å². The van der Waals surface area contributed by atoms with Gasteiger partial charge in [-0.15, -0.1) is 0 Å². The molecule has 0 N–H and O–H groups in total. The van der Waals surface area contributed by atoms with Crippen LogP contribution in [0.4, 0.5) is 26.3 Å². The molecule has 1 aromatic rings. The molecule has 0 heterocycles. The molecule has 0 fully saturated rings. The lowest BCUT2D eigenvalue weighted by molar-refractivity contribution is -0.320. The molecule has 1 rings (SSSR count). The van der Waals surface area contributed by atoms with Crippen molar-refractivity contribution in [2.24, 2.45) is 0 Å². The zero-order valence-corrected chi connectivity index (χ0v) is 16.6. The van der Waals surface area contributed by atoms with Crippen molar-refractivity contribution in [2.45, 2.75) is 43.0 Å². The van der Waals surface area contributed by atoms with Crippen molar-refractivity contribution in [3.63, 3.8) is 0 Å². The van der Waals surface area contributed by atoms with Crippen LogP contribution >= 0.6 is 11.6 Å². The molecule has 0 aromatic heterocycles. The summed E-state index contributed by atoms with van der Waals surface area (Å²) in [6, 6.07) is 9.93. The fourth-order valence-electron chi connectivity index (χ4n) is 2.28. The first kappa shape index (κ1) is 24.7. The third kappa shape index (κ3) is 9.26. The van der Waals surface area contributed by atoms with E-state index in [1.54, 1.807) is 6.92 Å². The predicted molar refractivity (Wildman–Crippen MR) is 91.3 cm³/mol. The fraction of sp³-hybridized carbons (Fsp3) is 0.562. The van der Waals surface area contributed by atoms with Crippen LogP contribution in [0.2, 0.25) is 6.04 Å². The summed E-state index contributed by atoms with van der Waals surface area (Å²) in [5.74, 6) is -1.43. The van der Waals surface area contributed by atoms with Gasteiger partial charge in [-0.25, -0.2) is 4.79 Å². The molecule has 2 unspecified atom stereocenters. The molecule has 4 nitrogen and oxygen atoms in total. The second kappa shape index (κ2) is 11.0. The molecule has 2 atom stereocenters. The summed E-state index contributed by atoms with van der Waals surface area (Å²) in [5, 5.41) is 0. The molecule has 0 amide bonds. The predicted octanol–water partition coefficient (Wildman–Crippen LogP) is 4.15. The zero-order chi connectivity index (χ0) is 21.4. The monoisotopic (exact) mass is 452 g/mol. The van der Waals surface area contributed by atoms with Crippen molar-refractivity contribution in [3.05, 3.63) is 35.9 Å². The third-order valence-electron chi connectivity index (χ3n) is 3.38. The van der Waals surface area contributed by atoms with Gasteiger partial charge in [0.2, 0.25) is 6.10 Å². The van der Waals surface area contributed by atoms with E-state index in [4.69, 9.17) is 16.0 Å². The molecule has 0 spiro atoms. The molecule has 0 saturated heterocycles. The van der Waals surface area contributed by atoms with Crippen LogP contribution in [-0.4, -0.2) is 52.2 Å². The number of rotatable bonds is 10. The quantitative estimate of drug-likeness (QED) is 0.231. The van der Waals surface area contributed by atoms with E-state index in [2.05, 4.69) is 9.47 Å². The Kier molecular flexibility index (Phi) is 9.74. The van der Waals surface area contributed by atoms with Gasteiger partial charge in [0, 0.05) is 12.7 Å². The number of benzene rings is 1. The molecular weight excluding hydrogens is 434 g/mol. The van der Waals surface area contributed by atoms with Gasteiger partial charge < -0.3 is 13.9 Å². The van der Waals surface area contributed by atoms with Crippen LogP contribution in [-0.2, 0) is 24.7 Å². The largest absolute Gasteiger partial charge is 0.444 e. The Morgan fingerprint density at radius 3 is 2.18 bits per heavy atom. The molecule has 0 bridgehead atoms. The summed E-state index contributed by atoms with van der Waals surface area (Å²) in [6.45, 7) is 0.623. The normalized spacial score (nSPS) is 14.8. The third-order valence-corrected chi connectivity index (χ3v) is 6.63. The second-order valence-electron chi connectivity index (χ2n) is 5.68. The van der Waals surface area contributed by atoms with Crippen molar-refractivity contribution in [1.29, 1.82) is 0 Å². The Morgan fingerprint density at radius 2 is 1.68 bits per heavy atom. The highest BCUT2D eigenvalue weighted by Crippen LogP contribution is 2.35. The number of carbonyl (C=O) groups is 1. The van der Waals surface area contributed by atoms with Crippen molar-refractivity contribution in [3.8, 4) is 0 Å². The van der Waals surface area contributed by atoms with E-state index in [9.17, 15) is 31.1 Å². The molecule has 160 valence electrons. The van der Waals surface area contributed by atoms with Gasteiger partial charge in [0.25, 0.3) is 0 Å². The molecule has 0 aliphatic rings. The molecule has 28 heavy (non-hydrogen) atoms. The Morgan fingerprint density at radius 1 is 1.11 bits per heavy atom. The highest BCUT2D eigenvalue weighted by molar-refractivity contribution is 6.52. The Labute approximate surface area is 164 Å². The summed E-state index contributed by atoms with van der Waals surface area (Å²) < 4.78 is 88.1. The Bertz CT molecular complexity index is 585. The molecule has 1 aromatic carbocycles. The maximum atomic E-state index is 12.4. The van der Waals surface area contributed by atoms with E-state index in [-0.39, 0.29) is 6.04 Å². The number of halogens is 7. The number of alkyl halides is 7. The summed E-state index contributed by atoms with van der Waals surface area (Å²) in [4.78, 5) is 11.5. The van der Waals surface area contributed by atoms with E-state index in [0.717, 1.165) is 5.56 Å². The fourth-order valence-corrected chi connectivity index (χ4v) is 5.18. The molecule has 0 aliphatic carbocycles. The van der Waals surface area contributed by atoms with E-state index >= 15 is 0 Å². The van der Waals surface area contributed by atoms with Gasteiger partial charge in [0.1, 0.15) is 6.61 Å². The minimum absolute atomic E-state index is 0.123. The van der Waals surface area contributed by atoms with Crippen molar-refractivity contribution in [1.82, 2.24) is 0 Å². The van der Waals surface area contributed by atoms with Gasteiger partial charge in [-0.05, 0) is 18.5 Å². The molecule has 0 radical (unpaired) electrons. The van der Waals surface area contributed by atoms with Crippen LogP contribution in [0.15, 0.2) is 30.3 Å².